The van der Waals surface area contributed by atoms with Crippen molar-refractivity contribution in [2.24, 2.45) is 14.1 Å². The van der Waals surface area contributed by atoms with Crippen molar-refractivity contribution in [1.82, 2.24) is 19.4 Å². The quantitative estimate of drug-likeness (QED) is 0.525. The molecule has 1 heterocycles. The van der Waals surface area contributed by atoms with Crippen LogP contribution >= 0.6 is 0 Å². The van der Waals surface area contributed by atoms with Gasteiger partial charge in [0.25, 0.3) is 5.56 Å². The number of aryl methyl sites for hydroxylation is 1. The normalized spacial score (nSPS) is 10.3. The van der Waals surface area contributed by atoms with Crippen molar-refractivity contribution >= 4 is 5.91 Å². The van der Waals surface area contributed by atoms with E-state index in [9.17, 15) is 14.4 Å². The fourth-order valence-electron chi connectivity index (χ4n) is 1.75. The second kappa shape index (κ2) is 6.85. The van der Waals surface area contributed by atoms with E-state index in [2.05, 4.69) is 11.9 Å². The third-order valence-electron chi connectivity index (χ3n) is 2.92. The van der Waals surface area contributed by atoms with Crippen molar-refractivity contribution in [3.8, 4) is 0 Å². The standard InChI is InChI=1S/C13H20N4O3/c1-5-6-14-7-11(18)15(2)8-10-9-16(3)13(20)17(4)12(10)19/h5,9,14H,1,6-8H2,2-4H3. The Morgan fingerprint density at radius 3 is 2.70 bits per heavy atom. The molecule has 0 spiro atoms. The minimum absolute atomic E-state index is 0.136. The van der Waals surface area contributed by atoms with Gasteiger partial charge in [-0.1, -0.05) is 6.08 Å². The molecule has 7 heteroatoms. The summed E-state index contributed by atoms with van der Waals surface area (Å²) in [5.74, 6) is -0.136. The van der Waals surface area contributed by atoms with Gasteiger partial charge in [-0.3, -0.25) is 14.2 Å². The summed E-state index contributed by atoms with van der Waals surface area (Å²) in [5.41, 5.74) is -0.374. The molecule has 0 bridgehead atoms. The van der Waals surface area contributed by atoms with E-state index in [-0.39, 0.29) is 30.2 Å². The Balaban J connectivity index is 2.83. The van der Waals surface area contributed by atoms with Crippen molar-refractivity contribution in [3.63, 3.8) is 0 Å². The number of rotatable bonds is 6. The van der Waals surface area contributed by atoms with E-state index >= 15 is 0 Å². The molecule has 0 fully saturated rings. The number of nitrogens with one attached hydrogen (secondary N) is 1. The van der Waals surface area contributed by atoms with Crippen LogP contribution in [0.3, 0.4) is 0 Å². The van der Waals surface area contributed by atoms with Crippen LogP contribution in [0.4, 0.5) is 0 Å². The highest BCUT2D eigenvalue weighted by Crippen LogP contribution is 1.95. The minimum Gasteiger partial charge on any atom is -0.340 e. The summed E-state index contributed by atoms with van der Waals surface area (Å²) in [5, 5.41) is 2.90. The smallest absolute Gasteiger partial charge is 0.330 e. The molecule has 0 saturated heterocycles. The van der Waals surface area contributed by atoms with Crippen LogP contribution in [0.1, 0.15) is 5.56 Å². The molecule has 0 atom stereocenters. The molecule has 0 aliphatic heterocycles. The lowest BCUT2D eigenvalue weighted by Gasteiger charge is -2.17. The maximum atomic E-state index is 11.9. The summed E-state index contributed by atoms with van der Waals surface area (Å²) in [6.45, 7) is 4.43. The van der Waals surface area contributed by atoms with Gasteiger partial charge in [0.05, 0.1) is 18.7 Å². The first-order valence-corrected chi connectivity index (χ1v) is 6.19. The molecular weight excluding hydrogens is 260 g/mol. The predicted octanol–water partition coefficient (Wildman–Crippen LogP) is -1.18. The average molecular weight is 280 g/mol. The van der Waals surface area contributed by atoms with Crippen LogP contribution in [0, 0.1) is 0 Å². The first-order chi connectivity index (χ1) is 9.38. The lowest BCUT2D eigenvalue weighted by Crippen LogP contribution is -2.41. The maximum Gasteiger partial charge on any atom is 0.330 e. The Kier molecular flexibility index (Phi) is 5.45. The van der Waals surface area contributed by atoms with Crippen LogP contribution in [0.25, 0.3) is 0 Å². The maximum absolute atomic E-state index is 11.9. The van der Waals surface area contributed by atoms with Gasteiger partial charge in [-0.25, -0.2) is 4.79 Å². The highest BCUT2D eigenvalue weighted by atomic mass is 16.2. The Morgan fingerprint density at radius 2 is 2.10 bits per heavy atom. The molecule has 7 nitrogen and oxygen atoms in total. The Morgan fingerprint density at radius 1 is 1.45 bits per heavy atom. The topological polar surface area (TPSA) is 76.3 Å². The molecule has 110 valence electrons. The summed E-state index contributed by atoms with van der Waals surface area (Å²) in [7, 11) is 4.60. The largest absolute Gasteiger partial charge is 0.340 e. The van der Waals surface area contributed by atoms with Gasteiger partial charge in [-0.15, -0.1) is 6.58 Å². The molecule has 1 rings (SSSR count). The first-order valence-electron chi connectivity index (χ1n) is 6.19. The summed E-state index contributed by atoms with van der Waals surface area (Å²) in [6.07, 6.45) is 3.13. The second-order valence-electron chi connectivity index (χ2n) is 4.58. The molecule has 0 radical (unpaired) electrons. The molecule has 1 N–H and O–H groups in total. The summed E-state index contributed by atoms with van der Waals surface area (Å²) < 4.78 is 2.36. The zero-order valence-corrected chi connectivity index (χ0v) is 12.0. The molecule has 0 saturated carbocycles. The van der Waals surface area contributed by atoms with Crippen LogP contribution in [0.15, 0.2) is 28.4 Å². The number of carbonyl (C=O) groups is 1. The van der Waals surface area contributed by atoms with Crippen LogP contribution < -0.4 is 16.6 Å². The summed E-state index contributed by atoms with van der Waals surface area (Å²) >= 11 is 0. The second-order valence-corrected chi connectivity index (χ2v) is 4.58. The monoisotopic (exact) mass is 280 g/mol. The molecule has 0 unspecified atom stereocenters. The van der Waals surface area contributed by atoms with E-state index in [1.165, 1.54) is 22.7 Å². The van der Waals surface area contributed by atoms with Crippen LogP contribution in [-0.2, 0) is 25.4 Å². The van der Waals surface area contributed by atoms with Gasteiger partial charge in [0.2, 0.25) is 5.91 Å². The van der Waals surface area contributed by atoms with Crippen molar-refractivity contribution < 1.29 is 4.79 Å². The lowest BCUT2D eigenvalue weighted by atomic mass is 10.3. The van der Waals surface area contributed by atoms with Gasteiger partial charge in [0.15, 0.2) is 0 Å². The van der Waals surface area contributed by atoms with E-state index in [0.717, 1.165) is 4.57 Å². The van der Waals surface area contributed by atoms with Gasteiger partial charge in [-0.2, -0.15) is 0 Å². The highest BCUT2D eigenvalue weighted by Gasteiger charge is 2.13. The third kappa shape index (κ3) is 3.67. The lowest BCUT2D eigenvalue weighted by molar-refractivity contribution is -0.129. The summed E-state index contributed by atoms with van der Waals surface area (Å²) in [6, 6.07) is 0. The number of hydrogen-bond acceptors (Lipinski definition) is 4. The van der Waals surface area contributed by atoms with Gasteiger partial charge in [0, 0.05) is 33.9 Å². The molecule has 1 aromatic rings. The van der Waals surface area contributed by atoms with Gasteiger partial charge in [-0.05, 0) is 0 Å². The number of likely N-dealkylation sites (N-methyl/N-ethyl adjacent to an activating group) is 1. The van der Waals surface area contributed by atoms with E-state index in [1.807, 2.05) is 0 Å². The Hall–Kier alpha value is -2.15. The number of amides is 1. The fraction of sp³-hybridized carbons (Fsp3) is 0.462. The average Bonchev–Trinajstić information content (AvgIpc) is 2.42. The molecule has 0 aliphatic carbocycles. The zero-order chi connectivity index (χ0) is 15.3. The van der Waals surface area contributed by atoms with Crippen molar-refractivity contribution in [1.29, 1.82) is 0 Å². The van der Waals surface area contributed by atoms with Crippen LogP contribution in [-0.4, -0.2) is 40.1 Å². The first kappa shape index (κ1) is 15.9. The molecule has 0 aliphatic rings. The van der Waals surface area contributed by atoms with Crippen LogP contribution in [0.2, 0.25) is 0 Å². The SMILES string of the molecule is C=CCNCC(=O)N(C)Cc1cn(C)c(=O)n(C)c1=O. The van der Waals surface area contributed by atoms with Gasteiger partial charge in [0.1, 0.15) is 0 Å². The predicted molar refractivity (Wildman–Crippen MR) is 76.5 cm³/mol. The molecule has 1 amide bonds. The number of aromatic nitrogens is 2. The van der Waals surface area contributed by atoms with E-state index in [1.54, 1.807) is 20.2 Å². The number of nitrogens with zero attached hydrogens (tertiary/aromatic N) is 3. The van der Waals surface area contributed by atoms with Crippen molar-refractivity contribution in [3.05, 3.63) is 45.3 Å². The van der Waals surface area contributed by atoms with Gasteiger partial charge < -0.3 is 14.8 Å². The Labute approximate surface area is 117 Å². The number of carbonyl (C=O) groups excluding carboxylic acids is 1. The van der Waals surface area contributed by atoms with E-state index < -0.39 is 0 Å². The van der Waals surface area contributed by atoms with Crippen molar-refractivity contribution in [2.45, 2.75) is 6.54 Å². The zero-order valence-electron chi connectivity index (χ0n) is 12.0. The molecule has 0 aromatic carbocycles. The van der Waals surface area contributed by atoms with Gasteiger partial charge >= 0.3 is 5.69 Å². The van der Waals surface area contributed by atoms with Crippen molar-refractivity contribution in [2.75, 3.05) is 20.1 Å². The Bertz CT molecular complexity index is 615. The molecule has 1 aromatic heterocycles. The molecule has 20 heavy (non-hydrogen) atoms. The number of hydrogen-bond donors (Lipinski definition) is 1. The van der Waals surface area contributed by atoms with Crippen LogP contribution in [0.5, 0.6) is 0 Å². The molecular formula is C13H20N4O3. The van der Waals surface area contributed by atoms with E-state index in [4.69, 9.17) is 0 Å². The fourth-order valence-corrected chi connectivity index (χ4v) is 1.75. The summed E-state index contributed by atoms with van der Waals surface area (Å²) in [4.78, 5) is 36.8. The highest BCUT2D eigenvalue weighted by molar-refractivity contribution is 5.77. The minimum atomic E-state index is -0.389. The van der Waals surface area contributed by atoms with E-state index in [0.29, 0.717) is 12.1 Å². The third-order valence-corrected chi connectivity index (χ3v) is 2.92.